The smallest absolute Gasteiger partial charge is 0.271 e. The third-order valence-electron chi connectivity index (χ3n) is 3.65. The largest absolute Gasteiger partial charge is 0.494 e. The van der Waals surface area contributed by atoms with Crippen LogP contribution in [0.25, 0.3) is 10.9 Å². The Bertz CT molecular complexity index is 970. The van der Waals surface area contributed by atoms with E-state index in [2.05, 4.69) is 4.98 Å². The van der Waals surface area contributed by atoms with E-state index in [0.29, 0.717) is 30.7 Å². The van der Waals surface area contributed by atoms with E-state index in [1.807, 2.05) is 0 Å². The van der Waals surface area contributed by atoms with Crippen molar-refractivity contribution in [1.82, 2.24) is 9.55 Å². The number of fused-ring (bicyclic) bond motifs is 1. The van der Waals surface area contributed by atoms with E-state index in [1.165, 1.54) is 53.4 Å². The van der Waals surface area contributed by atoms with Crippen molar-refractivity contribution in [3.8, 4) is 5.75 Å². The number of ether oxygens (including phenoxy) is 1. The molecule has 0 bridgehead atoms. The van der Waals surface area contributed by atoms with Crippen LogP contribution < -0.4 is 10.3 Å². The Hall–Kier alpha value is -3.29. The Labute approximate surface area is 141 Å². The van der Waals surface area contributed by atoms with Crippen LogP contribution in [-0.2, 0) is 6.54 Å². The quantitative estimate of drug-likeness (QED) is 0.390. The van der Waals surface area contributed by atoms with Crippen molar-refractivity contribution in [2.24, 2.45) is 0 Å². The molecule has 128 valence electrons. The standard InChI is InChI=1S/C17H14FN3O4/c18-12-2-5-14(6-3-12)25-9-1-8-20-11-19-16-10-13(21(23)24)4-7-15(16)17(20)22/h2-7,10-11H,1,8-9H2. The lowest BCUT2D eigenvalue weighted by Crippen LogP contribution is -2.21. The highest BCUT2D eigenvalue weighted by Crippen LogP contribution is 2.16. The second-order valence-electron chi connectivity index (χ2n) is 5.36. The summed E-state index contributed by atoms with van der Waals surface area (Å²) >= 11 is 0. The lowest BCUT2D eigenvalue weighted by Gasteiger charge is -2.08. The lowest BCUT2D eigenvalue weighted by molar-refractivity contribution is -0.384. The van der Waals surface area contributed by atoms with Crippen molar-refractivity contribution in [1.29, 1.82) is 0 Å². The molecule has 0 radical (unpaired) electrons. The summed E-state index contributed by atoms with van der Waals surface area (Å²) in [5, 5.41) is 11.1. The molecule has 3 aromatic rings. The van der Waals surface area contributed by atoms with Crippen LogP contribution >= 0.6 is 0 Å². The van der Waals surface area contributed by atoms with Gasteiger partial charge in [-0.25, -0.2) is 9.37 Å². The van der Waals surface area contributed by atoms with Crippen LogP contribution in [0.4, 0.5) is 10.1 Å². The zero-order chi connectivity index (χ0) is 17.8. The van der Waals surface area contributed by atoms with Crippen LogP contribution in [0.2, 0.25) is 0 Å². The molecule has 0 aliphatic carbocycles. The summed E-state index contributed by atoms with van der Waals surface area (Å²) in [5.41, 5.74) is -0.0791. The maximum atomic E-state index is 12.8. The van der Waals surface area contributed by atoms with Crippen LogP contribution in [0.5, 0.6) is 5.75 Å². The number of hydrogen-bond acceptors (Lipinski definition) is 5. The number of rotatable bonds is 6. The maximum absolute atomic E-state index is 12.8. The summed E-state index contributed by atoms with van der Waals surface area (Å²) in [6.07, 6.45) is 1.92. The van der Waals surface area contributed by atoms with E-state index in [-0.39, 0.29) is 22.6 Å². The van der Waals surface area contributed by atoms with Crippen molar-refractivity contribution < 1.29 is 14.1 Å². The molecule has 2 aromatic carbocycles. The van der Waals surface area contributed by atoms with Crippen molar-refractivity contribution in [3.63, 3.8) is 0 Å². The highest BCUT2D eigenvalue weighted by atomic mass is 19.1. The molecular formula is C17H14FN3O4. The Morgan fingerprint density at radius 3 is 2.68 bits per heavy atom. The van der Waals surface area contributed by atoms with E-state index in [4.69, 9.17) is 4.74 Å². The summed E-state index contributed by atoms with van der Waals surface area (Å²) in [5.74, 6) is 0.221. The van der Waals surface area contributed by atoms with Crippen molar-refractivity contribution in [3.05, 3.63) is 75.1 Å². The number of nitro groups is 1. The minimum absolute atomic E-state index is 0.107. The minimum Gasteiger partial charge on any atom is -0.494 e. The van der Waals surface area contributed by atoms with Gasteiger partial charge in [0.15, 0.2) is 0 Å². The molecule has 25 heavy (non-hydrogen) atoms. The third-order valence-corrected chi connectivity index (χ3v) is 3.65. The van der Waals surface area contributed by atoms with Crippen LogP contribution in [0, 0.1) is 15.9 Å². The summed E-state index contributed by atoms with van der Waals surface area (Å²) < 4.78 is 19.7. The molecule has 0 unspecified atom stereocenters. The predicted octanol–water partition coefficient (Wildman–Crippen LogP) is 2.91. The molecule has 0 N–H and O–H groups in total. The van der Waals surface area contributed by atoms with E-state index in [9.17, 15) is 19.3 Å². The molecule has 0 saturated carbocycles. The summed E-state index contributed by atoms with van der Waals surface area (Å²) in [6.45, 7) is 0.746. The number of halogens is 1. The summed E-state index contributed by atoms with van der Waals surface area (Å²) in [6, 6.07) is 9.66. The fourth-order valence-corrected chi connectivity index (χ4v) is 2.38. The lowest BCUT2D eigenvalue weighted by atomic mass is 10.2. The highest BCUT2D eigenvalue weighted by molar-refractivity contribution is 5.79. The van der Waals surface area contributed by atoms with E-state index in [0.717, 1.165) is 0 Å². The number of nitrogens with zero attached hydrogens (tertiary/aromatic N) is 3. The molecule has 1 aromatic heterocycles. The first-order chi connectivity index (χ1) is 12.0. The van der Waals surface area contributed by atoms with Gasteiger partial charge in [-0.2, -0.15) is 0 Å². The van der Waals surface area contributed by atoms with Crippen LogP contribution in [0.3, 0.4) is 0 Å². The van der Waals surface area contributed by atoms with Gasteiger partial charge in [0.25, 0.3) is 11.2 Å². The van der Waals surface area contributed by atoms with E-state index < -0.39 is 4.92 Å². The Morgan fingerprint density at radius 1 is 1.20 bits per heavy atom. The molecule has 0 amide bonds. The zero-order valence-corrected chi connectivity index (χ0v) is 13.1. The maximum Gasteiger partial charge on any atom is 0.271 e. The second-order valence-corrected chi connectivity index (χ2v) is 5.36. The first kappa shape index (κ1) is 16.6. The summed E-state index contributed by atoms with van der Waals surface area (Å²) in [7, 11) is 0. The Balaban J connectivity index is 1.66. The van der Waals surface area contributed by atoms with Gasteiger partial charge in [-0.05, 0) is 36.8 Å². The second kappa shape index (κ2) is 7.08. The first-order valence-corrected chi connectivity index (χ1v) is 7.56. The van der Waals surface area contributed by atoms with Gasteiger partial charge in [-0.15, -0.1) is 0 Å². The topological polar surface area (TPSA) is 87.3 Å². The normalized spacial score (nSPS) is 10.8. The van der Waals surface area contributed by atoms with Crippen molar-refractivity contribution in [2.45, 2.75) is 13.0 Å². The number of non-ortho nitro benzene ring substituents is 1. The van der Waals surface area contributed by atoms with Gasteiger partial charge in [-0.1, -0.05) is 0 Å². The van der Waals surface area contributed by atoms with Gasteiger partial charge >= 0.3 is 0 Å². The van der Waals surface area contributed by atoms with Gasteiger partial charge in [0.05, 0.1) is 28.8 Å². The molecule has 0 aliphatic heterocycles. The molecule has 0 fully saturated rings. The first-order valence-electron chi connectivity index (χ1n) is 7.56. The van der Waals surface area contributed by atoms with Gasteiger partial charge in [0.2, 0.25) is 0 Å². The average molecular weight is 343 g/mol. The molecule has 1 heterocycles. The number of hydrogen-bond donors (Lipinski definition) is 0. The molecule has 0 aliphatic rings. The monoisotopic (exact) mass is 343 g/mol. The predicted molar refractivity (Wildman–Crippen MR) is 89.2 cm³/mol. The van der Waals surface area contributed by atoms with Gasteiger partial charge in [0.1, 0.15) is 11.6 Å². The van der Waals surface area contributed by atoms with Gasteiger partial charge in [0, 0.05) is 18.7 Å². The molecule has 3 rings (SSSR count). The molecule has 0 atom stereocenters. The molecule has 0 saturated heterocycles. The summed E-state index contributed by atoms with van der Waals surface area (Å²) in [4.78, 5) is 26.7. The van der Waals surface area contributed by atoms with Crippen LogP contribution in [-0.4, -0.2) is 21.1 Å². The van der Waals surface area contributed by atoms with Crippen LogP contribution in [0.1, 0.15) is 6.42 Å². The number of aryl methyl sites for hydroxylation is 1. The van der Waals surface area contributed by atoms with Crippen molar-refractivity contribution in [2.75, 3.05) is 6.61 Å². The Morgan fingerprint density at radius 2 is 1.96 bits per heavy atom. The number of nitro benzene ring substituents is 1. The van der Waals surface area contributed by atoms with E-state index >= 15 is 0 Å². The fourth-order valence-electron chi connectivity index (χ4n) is 2.38. The van der Waals surface area contributed by atoms with E-state index in [1.54, 1.807) is 0 Å². The number of benzene rings is 2. The highest BCUT2D eigenvalue weighted by Gasteiger charge is 2.10. The SMILES string of the molecule is O=c1c2ccc([N+](=O)[O-])cc2ncn1CCCOc1ccc(F)cc1. The Kier molecular flexibility index (Phi) is 4.69. The minimum atomic E-state index is -0.528. The zero-order valence-electron chi connectivity index (χ0n) is 13.1. The molecule has 8 heteroatoms. The third kappa shape index (κ3) is 3.79. The average Bonchev–Trinajstić information content (AvgIpc) is 2.61. The molecular weight excluding hydrogens is 329 g/mol. The molecule has 0 spiro atoms. The van der Waals surface area contributed by atoms with Gasteiger partial charge < -0.3 is 4.74 Å². The number of aromatic nitrogens is 2. The fraction of sp³-hybridized carbons (Fsp3) is 0.176. The van der Waals surface area contributed by atoms with Crippen molar-refractivity contribution >= 4 is 16.6 Å². The molecule has 7 nitrogen and oxygen atoms in total. The van der Waals surface area contributed by atoms with Gasteiger partial charge in [-0.3, -0.25) is 19.5 Å². The van der Waals surface area contributed by atoms with Crippen LogP contribution in [0.15, 0.2) is 53.6 Å².